The first-order valence-electron chi connectivity index (χ1n) is 9.23. The van der Waals surface area contributed by atoms with Crippen LogP contribution < -0.4 is 15.4 Å². The summed E-state index contributed by atoms with van der Waals surface area (Å²) in [6.45, 7) is 7.60. The quantitative estimate of drug-likeness (QED) is 0.664. The lowest BCUT2D eigenvalue weighted by Crippen LogP contribution is -2.38. The third-order valence-electron chi connectivity index (χ3n) is 4.24. The van der Waals surface area contributed by atoms with Crippen LogP contribution in [0, 0.1) is 0 Å². The first kappa shape index (κ1) is 21.9. The van der Waals surface area contributed by atoms with Crippen molar-refractivity contribution in [1.82, 2.24) is 5.32 Å². The van der Waals surface area contributed by atoms with Crippen molar-refractivity contribution in [2.24, 2.45) is 0 Å². The van der Waals surface area contributed by atoms with Crippen LogP contribution in [0.5, 0.6) is 5.75 Å². The molecule has 0 saturated heterocycles. The van der Waals surface area contributed by atoms with E-state index in [0.717, 1.165) is 0 Å². The Hall–Kier alpha value is -3.35. The molecule has 2 aromatic carbocycles. The molecule has 2 aromatic rings. The Bertz CT molecular complexity index is 868. The van der Waals surface area contributed by atoms with Crippen molar-refractivity contribution in [3.63, 3.8) is 0 Å². The van der Waals surface area contributed by atoms with E-state index < -0.39 is 17.9 Å². The van der Waals surface area contributed by atoms with Crippen molar-refractivity contribution in [2.75, 3.05) is 11.9 Å². The molecule has 3 N–H and O–H groups in total. The van der Waals surface area contributed by atoms with Gasteiger partial charge in [0.05, 0.1) is 0 Å². The number of hydrogen-bond donors (Lipinski definition) is 3. The third-order valence-corrected chi connectivity index (χ3v) is 4.24. The monoisotopic (exact) mass is 398 g/mol. The predicted octanol–water partition coefficient (Wildman–Crippen LogP) is 3.20. The summed E-state index contributed by atoms with van der Waals surface area (Å²) in [5.41, 5.74) is 2.02. The molecule has 0 fully saturated rings. The topological polar surface area (TPSA) is 105 Å². The van der Waals surface area contributed by atoms with E-state index in [4.69, 9.17) is 9.84 Å². The van der Waals surface area contributed by atoms with Crippen molar-refractivity contribution in [3.05, 3.63) is 59.7 Å². The van der Waals surface area contributed by atoms with Crippen LogP contribution in [-0.4, -0.2) is 35.5 Å². The van der Waals surface area contributed by atoms with Crippen molar-refractivity contribution < 1.29 is 24.2 Å². The Labute approximate surface area is 170 Å². The number of carbonyl (C=O) groups is 3. The zero-order valence-corrected chi connectivity index (χ0v) is 17.0. The average molecular weight is 398 g/mol. The highest BCUT2D eigenvalue weighted by Gasteiger charge is 2.15. The van der Waals surface area contributed by atoms with Gasteiger partial charge in [-0.1, -0.05) is 32.9 Å². The van der Waals surface area contributed by atoms with E-state index in [0.29, 0.717) is 17.0 Å². The molecule has 2 rings (SSSR count). The van der Waals surface area contributed by atoms with Gasteiger partial charge in [0, 0.05) is 11.3 Å². The predicted molar refractivity (Wildman–Crippen MR) is 110 cm³/mol. The molecule has 0 spiro atoms. The molecule has 1 atom stereocenters. The van der Waals surface area contributed by atoms with Crippen molar-refractivity contribution >= 4 is 23.5 Å². The average Bonchev–Trinajstić information content (AvgIpc) is 2.66. The van der Waals surface area contributed by atoms with E-state index in [1.54, 1.807) is 12.1 Å². The zero-order valence-electron chi connectivity index (χ0n) is 17.0. The Kier molecular flexibility index (Phi) is 6.98. The fraction of sp³-hybridized carbons (Fsp3) is 0.318. The maximum Gasteiger partial charge on any atom is 0.325 e. The van der Waals surface area contributed by atoms with Gasteiger partial charge in [-0.25, -0.2) is 0 Å². The molecule has 1 unspecified atom stereocenters. The number of ether oxygens (including phenoxy) is 1. The lowest BCUT2D eigenvalue weighted by Gasteiger charge is -2.19. The number of anilines is 1. The normalized spacial score (nSPS) is 12.0. The number of carbonyl (C=O) groups excluding carboxylic acids is 2. The smallest absolute Gasteiger partial charge is 0.325 e. The second kappa shape index (κ2) is 9.23. The highest BCUT2D eigenvalue weighted by atomic mass is 16.5. The summed E-state index contributed by atoms with van der Waals surface area (Å²) in [6, 6.07) is 12.8. The molecule has 0 bridgehead atoms. The van der Waals surface area contributed by atoms with Gasteiger partial charge >= 0.3 is 5.97 Å². The number of carboxylic acids is 1. The van der Waals surface area contributed by atoms with E-state index in [9.17, 15) is 14.4 Å². The van der Waals surface area contributed by atoms with E-state index >= 15 is 0 Å². The lowest BCUT2D eigenvalue weighted by atomic mass is 9.87. The van der Waals surface area contributed by atoms with Crippen LogP contribution in [0.25, 0.3) is 0 Å². The molecule has 2 amide bonds. The largest absolute Gasteiger partial charge is 0.484 e. The van der Waals surface area contributed by atoms with E-state index in [2.05, 4.69) is 31.4 Å². The molecule has 0 aliphatic carbocycles. The Morgan fingerprint density at radius 1 is 1.00 bits per heavy atom. The Morgan fingerprint density at radius 3 is 2.10 bits per heavy atom. The van der Waals surface area contributed by atoms with Crippen LogP contribution in [0.1, 0.15) is 43.6 Å². The van der Waals surface area contributed by atoms with Gasteiger partial charge in [-0.05, 0) is 54.3 Å². The molecule has 0 heterocycles. The number of aliphatic carboxylic acids is 1. The number of benzene rings is 2. The minimum absolute atomic E-state index is 0.0463. The summed E-state index contributed by atoms with van der Waals surface area (Å²) >= 11 is 0. The third kappa shape index (κ3) is 6.64. The van der Waals surface area contributed by atoms with Crippen molar-refractivity contribution in [2.45, 2.75) is 39.2 Å². The minimum Gasteiger partial charge on any atom is -0.484 e. The van der Waals surface area contributed by atoms with Crippen LogP contribution in [0.15, 0.2) is 48.5 Å². The van der Waals surface area contributed by atoms with Crippen molar-refractivity contribution in [1.29, 1.82) is 0 Å². The number of carboxylic acid groups (broad SMARTS) is 1. The molecule has 7 heteroatoms. The van der Waals surface area contributed by atoms with Gasteiger partial charge in [0.2, 0.25) is 0 Å². The van der Waals surface area contributed by atoms with Crippen LogP contribution in [0.3, 0.4) is 0 Å². The van der Waals surface area contributed by atoms with Crippen molar-refractivity contribution in [3.8, 4) is 5.75 Å². The summed E-state index contributed by atoms with van der Waals surface area (Å²) in [7, 11) is 0. The lowest BCUT2D eigenvalue weighted by molar-refractivity contribution is -0.138. The number of nitrogens with one attached hydrogen (secondary N) is 2. The molecule has 0 aliphatic heterocycles. The minimum atomic E-state index is -1.12. The van der Waals surface area contributed by atoms with Gasteiger partial charge in [0.15, 0.2) is 6.61 Å². The first-order chi connectivity index (χ1) is 13.6. The van der Waals surface area contributed by atoms with E-state index in [-0.39, 0.29) is 17.9 Å². The summed E-state index contributed by atoms with van der Waals surface area (Å²) in [4.78, 5) is 34.8. The zero-order chi connectivity index (χ0) is 21.6. The van der Waals surface area contributed by atoms with Gasteiger partial charge in [-0.3, -0.25) is 14.4 Å². The molecular weight excluding hydrogens is 372 g/mol. The van der Waals surface area contributed by atoms with Gasteiger partial charge in [0.25, 0.3) is 11.8 Å². The molecule has 29 heavy (non-hydrogen) atoms. The molecular formula is C22H26N2O5. The Balaban J connectivity index is 1.86. The highest BCUT2D eigenvalue weighted by Crippen LogP contribution is 2.24. The number of rotatable bonds is 7. The molecule has 0 saturated carbocycles. The van der Waals surface area contributed by atoms with E-state index in [1.165, 1.54) is 24.6 Å². The van der Waals surface area contributed by atoms with Crippen LogP contribution in [0.4, 0.5) is 5.69 Å². The van der Waals surface area contributed by atoms with Gasteiger partial charge < -0.3 is 20.5 Å². The maximum absolute atomic E-state index is 12.1. The SMILES string of the molecule is CC(NC(=O)c1ccc(NC(=O)COc2ccc(C(C)(C)C)cc2)cc1)C(=O)O. The molecule has 0 aromatic heterocycles. The number of hydrogen-bond acceptors (Lipinski definition) is 4. The summed E-state index contributed by atoms with van der Waals surface area (Å²) < 4.78 is 5.50. The second-order valence-corrected chi connectivity index (χ2v) is 7.72. The van der Waals surface area contributed by atoms with Crippen LogP contribution in [0.2, 0.25) is 0 Å². The second-order valence-electron chi connectivity index (χ2n) is 7.72. The van der Waals surface area contributed by atoms with Gasteiger partial charge in [-0.15, -0.1) is 0 Å². The summed E-state index contributed by atoms with van der Waals surface area (Å²) in [6.07, 6.45) is 0. The standard InChI is InChI=1S/C22H26N2O5/c1-14(21(27)28)23-20(26)15-5-9-17(10-6-15)24-19(25)13-29-18-11-7-16(8-12-18)22(2,3)4/h5-12,14H,13H2,1-4H3,(H,23,26)(H,24,25)(H,27,28). The fourth-order valence-corrected chi connectivity index (χ4v) is 2.44. The van der Waals surface area contributed by atoms with Crippen LogP contribution in [-0.2, 0) is 15.0 Å². The maximum atomic E-state index is 12.1. The number of amides is 2. The molecule has 0 aliphatic rings. The molecule has 7 nitrogen and oxygen atoms in total. The van der Waals surface area contributed by atoms with Gasteiger partial charge in [0.1, 0.15) is 11.8 Å². The highest BCUT2D eigenvalue weighted by molar-refractivity contribution is 5.97. The van der Waals surface area contributed by atoms with E-state index in [1.807, 2.05) is 24.3 Å². The summed E-state index contributed by atoms with van der Waals surface area (Å²) in [5.74, 6) is -1.34. The van der Waals surface area contributed by atoms with Gasteiger partial charge in [-0.2, -0.15) is 0 Å². The summed E-state index contributed by atoms with van der Waals surface area (Å²) in [5, 5.41) is 13.9. The molecule has 0 radical (unpaired) electrons. The Morgan fingerprint density at radius 2 is 1.59 bits per heavy atom. The fourth-order valence-electron chi connectivity index (χ4n) is 2.44. The molecule has 154 valence electrons. The first-order valence-corrected chi connectivity index (χ1v) is 9.23. The van der Waals surface area contributed by atoms with Crippen LogP contribution >= 0.6 is 0 Å².